The van der Waals surface area contributed by atoms with Crippen molar-refractivity contribution in [3.05, 3.63) is 60.3 Å². The van der Waals surface area contributed by atoms with Crippen molar-refractivity contribution in [1.82, 2.24) is 4.90 Å². The van der Waals surface area contributed by atoms with Crippen LogP contribution in [-0.4, -0.2) is 23.3 Å². The maximum absolute atomic E-state index is 11.2. The normalized spacial score (nSPS) is 18.4. The molecular weight excluding hydrogens is 210 g/mol. The van der Waals surface area contributed by atoms with Crippen molar-refractivity contribution in [2.75, 3.05) is 6.54 Å². The SMILES string of the molecule is CC(=O)CN1C=CC=CC1Cc1ccccc1. The van der Waals surface area contributed by atoms with Crippen LogP contribution in [0.2, 0.25) is 0 Å². The number of carbonyl (C=O) groups excluding carboxylic acids is 1. The van der Waals surface area contributed by atoms with Crippen LogP contribution in [0.25, 0.3) is 0 Å². The van der Waals surface area contributed by atoms with Crippen molar-refractivity contribution in [2.45, 2.75) is 19.4 Å². The van der Waals surface area contributed by atoms with E-state index in [2.05, 4.69) is 23.1 Å². The van der Waals surface area contributed by atoms with Gasteiger partial charge >= 0.3 is 0 Å². The molecule has 0 aromatic heterocycles. The first-order valence-corrected chi connectivity index (χ1v) is 5.90. The van der Waals surface area contributed by atoms with Gasteiger partial charge < -0.3 is 4.90 Å². The van der Waals surface area contributed by atoms with Crippen LogP contribution in [0.5, 0.6) is 0 Å². The van der Waals surface area contributed by atoms with Crippen LogP contribution in [0.1, 0.15) is 12.5 Å². The molecule has 0 fully saturated rings. The van der Waals surface area contributed by atoms with Crippen LogP contribution in [-0.2, 0) is 11.2 Å². The number of ketones is 1. The lowest BCUT2D eigenvalue weighted by molar-refractivity contribution is -0.117. The van der Waals surface area contributed by atoms with Crippen LogP contribution in [0, 0.1) is 0 Å². The van der Waals surface area contributed by atoms with E-state index in [4.69, 9.17) is 0 Å². The molecule has 1 unspecified atom stereocenters. The van der Waals surface area contributed by atoms with E-state index in [9.17, 15) is 4.79 Å². The van der Waals surface area contributed by atoms with Crippen LogP contribution in [0.4, 0.5) is 0 Å². The number of rotatable bonds is 4. The van der Waals surface area contributed by atoms with E-state index in [1.807, 2.05) is 36.6 Å². The summed E-state index contributed by atoms with van der Waals surface area (Å²) >= 11 is 0. The summed E-state index contributed by atoms with van der Waals surface area (Å²) in [6, 6.07) is 10.6. The molecule has 0 amide bonds. The van der Waals surface area contributed by atoms with E-state index in [-0.39, 0.29) is 11.8 Å². The molecule has 17 heavy (non-hydrogen) atoms. The van der Waals surface area contributed by atoms with Crippen molar-refractivity contribution in [3.63, 3.8) is 0 Å². The minimum absolute atomic E-state index is 0.197. The van der Waals surface area contributed by atoms with Gasteiger partial charge in [-0.25, -0.2) is 0 Å². The van der Waals surface area contributed by atoms with E-state index in [0.717, 1.165) is 6.42 Å². The highest BCUT2D eigenvalue weighted by Crippen LogP contribution is 2.14. The average molecular weight is 227 g/mol. The molecule has 1 aromatic carbocycles. The van der Waals surface area contributed by atoms with Crippen molar-refractivity contribution < 1.29 is 4.79 Å². The molecule has 1 aliphatic heterocycles. The smallest absolute Gasteiger partial charge is 0.149 e. The Bertz CT molecular complexity index is 433. The summed E-state index contributed by atoms with van der Waals surface area (Å²) in [6.45, 7) is 2.12. The molecule has 2 rings (SSSR count). The van der Waals surface area contributed by atoms with Crippen LogP contribution >= 0.6 is 0 Å². The first-order chi connectivity index (χ1) is 8.25. The van der Waals surface area contributed by atoms with E-state index < -0.39 is 0 Å². The van der Waals surface area contributed by atoms with Gasteiger partial charge in [0.05, 0.1) is 12.6 Å². The average Bonchev–Trinajstić information content (AvgIpc) is 2.32. The van der Waals surface area contributed by atoms with Gasteiger partial charge in [0.25, 0.3) is 0 Å². The molecular formula is C15H17NO. The monoisotopic (exact) mass is 227 g/mol. The van der Waals surface area contributed by atoms with Gasteiger partial charge in [0.2, 0.25) is 0 Å². The predicted molar refractivity (Wildman–Crippen MR) is 69.6 cm³/mol. The lowest BCUT2D eigenvalue weighted by Gasteiger charge is -2.29. The fraction of sp³-hybridized carbons (Fsp3) is 0.267. The van der Waals surface area contributed by atoms with Crippen LogP contribution in [0.15, 0.2) is 54.8 Å². The maximum atomic E-state index is 11.2. The molecule has 0 saturated carbocycles. The summed E-state index contributed by atoms with van der Waals surface area (Å²) < 4.78 is 0. The van der Waals surface area contributed by atoms with Crippen molar-refractivity contribution in [2.24, 2.45) is 0 Å². The summed E-state index contributed by atoms with van der Waals surface area (Å²) in [5.74, 6) is 0.197. The molecule has 1 aliphatic rings. The van der Waals surface area contributed by atoms with E-state index in [1.54, 1.807) is 6.92 Å². The zero-order valence-corrected chi connectivity index (χ0v) is 10.0. The second-order valence-corrected chi connectivity index (χ2v) is 4.36. The Morgan fingerprint density at radius 2 is 2.00 bits per heavy atom. The molecule has 0 N–H and O–H groups in total. The third-order valence-electron chi connectivity index (χ3n) is 2.84. The zero-order chi connectivity index (χ0) is 12.1. The molecule has 0 bridgehead atoms. The number of allylic oxidation sites excluding steroid dienone is 2. The Morgan fingerprint density at radius 1 is 1.24 bits per heavy atom. The van der Waals surface area contributed by atoms with Gasteiger partial charge in [-0.15, -0.1) is 0 Å². The number of hydrogen-bond acceptors (Lipinski definition) is 2. The van der Waals surface area contributed by atoms with Gasteiger partial charge in [-0.05, 0) is 25.0 Å². The van der Waals surface area contributed by atoms with Crippen molar-refractivity contribution in [1.29, 1.82) is 0 Å². The van der Waals surface area contributed by atoms with Gasteiger partial charge in [-0.2, -0.15) is 0 Å². The van der Waals surface area contributed by atoms with Gasteiger partial charge in [-0.3, -0.25) is 4.79 Å². The largest absolute Gasteiger partial charge is 0.363 e. The van der Waals surface area contributed by atoms with E-state index in [0.29, 0.717) is 6.54 Å². The van der Waals surface area contributed by atoms with E-state index >= 15 is 0 Å². The lowest BCUT2D eigenvalue weighted by Crippen LogP contribution is -2.35. The van der Waals surface area contributed by atoms with Gasteiger partial charge in [0, 0.05) is 6.20 Å². The summed E-state index contributed by atoms with van der Waals surface area (Å²) in [7, 11) is 0. The summed E-state index contributed by atoms with van der Waals surface area (Å²) in [5, 5.41) is 0. The fourth-order valence-electron chi connectivity index (χ4n) is 2.04. The number of nitrogens with zero attached hydrogens (tertiary/aromatic N) is 1. The molecule has 0 saturated heterocycles. The topological polar surface area (TPSA) is 20.3 Å². The third-order valence-corrected chi connectivity index (χ3v) is 2.84. The van der Waals surface area contributed by atoms with Crippen LogP contribution in [0.3, 0.4) is 0 Å². The molecule has 88 valence electrons. The standard InChI is InChI=1S/C15H17NO/c1-13(17)12-16-10-6-5-9-15(16)11-14-7-3-2-4-8-14/h2-10,15H,11-12H2,1H3. The summed E-state index contributed by atoms with van der Waals surface area (Å²) in [5.41, 5.74) is 1.30. The molecule has 1 atom stereocenters. The Hall–Kier alpha value is -1.83. The summed E-state index contributed by atoms with van der Waals surface area (Å²) in [6.07, 6.45) is 9.11. The second kappa shape index (κ2) is 5.48. The Kier molecular flexibility index (Phi) is 3.76. The maximum Gasteiger partial charge on any atom is 0.149 e. The fourth-order valence-corrected chi connectivity index (χ4v) is 2.04. The van der Waals surface area contributed by atoms with Gasteiger partial charge in [-0.1, -0.05) is 42.5 Å². The number of Topliss-reactive ketones (excluding diaryl/α,β-unsaturated/α-hetero) is 1. The number of carbonyl (C=O) groups is 1. The zero-order valence-electron chi connectivity index (χ0n) is 10.0. The second-order valence-electron chi connectivity index (χ2n) is 4.36. The Balaban J connectivity index is 2.05. The van der Waals surface area contributed by atoms with Crippen molar-refractivity contribution >= 4 is 5.78 Å². The summed E-state index contributed by atoms with van der Waals surface area (Å²) in [4.78, 5) is 13.3. The number of hydrogen-bond donors (Lipinski definition) is 0. The highest BCUT2D eigenvalue weighted by atomic mass is 16.1. The minimum Gasteiger partial charge on any atom is -0.363 e. The molecule has 2 nitrogen and oxygen atoms in total. The molecule has 0 spiro atoms. The first-order valence-electron chi connectivity index (χ1n) is 5.90. The lowest BCUT2D eigenvalue weighted by atomic mass is 10.0. The van der Waals surface area contributed by atoms with Crippen molar-refractivity contribution in [3.8, 4) is 0 Å². The van der Waals surface area contributed by atoms with Gasteiger partial charge in [0.1, 0.15) is 5.78 Å². The quantitative estimate of drug-likeness (QED) is 0.788. The van der Waals surface area contributed by atoms with E-state index in [1.165, 1.54) is 5.56 Å². The minimum atomic E-state index is 0.197. The molecule has 0 radical (unpaired) electrons. The molecule has 1 heterocycles. The highest BCUT2D eigenvalue weighted by molar-refractivity contribution is 5.77. The molecule has 0 aliphatic carbocycles. The third kappa shape index (κ3) is 3.31. The molecule has 2 heteroatoms. The predicted octanol–water partition coefficient (Wildman–Crippen LogP) is 2.57. The van der Waals surface area contributed by atoms with Crippen LogP contribution < -0.4 is 0 Å². The molecule has 1 aromatic rings. The van der Waals surface area contributed by atoms with Gasteiger partial charge in [0.15, 0.2) is 0 Å². The highest BCUT2D eigenvalue weighted by Gasteiger charge is 2.16. The first kappa shape index (κ1) is 11.6. The Labute approximate surface area is 102 Å². The Morgan fingerprint density at radius 3 is 2.71 bits per heavy atom. The number of benzene rings is 1.